The minimum Gasteiger partial charge on any atom is -0.383 e. The Hall–Kier alpha value is -0.870. The van der Waals surface area contributed by atoms with Gasteiger partial charge in [0, 0.05) is 32.9 Å². The molecule has 0 saturated heterocycles. The third kappa shape index (κ3) is 4.88. The van der Waals surface area contributed by atoms with Crippen LogP contribution >= 0.6 is 0 Å². The van der Waals surface area contributed by atoms with Gasteiger partial charge in [0.1, 0.15) is 5.82 Å². The molecule has 0 radical (unpaired) electrons. The van der Waals surface area contributed by atoms with Gasteiger partial charge in [0.25, 0.3) is 0 Å². The summed E-state index contributed by atoms with van der Waals surface area (Å²) in [6, 6.07) is 0. The summed E-state index contributed by atoms with van der Waals surface area (Å²) in [6.45, 7) is 7.90. The molecule has 1 heterocycles. The van der Waals surface area contributed by atoms with E-state index in [2.05, 4.69) is 28.7 Å². The molecule has 0 aliphatic rings. The Kier molecular flexibility index (Phi) is 6.89. The summed E-state index contributed by atoms with van der Waals surface area (Å²) in [5, 5.41) is 3.36. The van der Waals surface area contributed by atoms with E-state index in [4.69, 9.17) is 4.74 Å². The Balaban J connectivity index is 2.41. The van der Waals surface area contributed by atoms with Gasteiger partial charge in [-0.25, -0.2) is 4.98 Å². The standard InChI is InChI=1S/C13H25N3O/c1-4-5-6-8-16-12(2)15-11-13(16)10-14-7-9-17-3/h11,14H,4-10H2,1-3H3. The minimum atomic E-state index is 0.753. The van der Waals surface area contributed by atoms with E-state index in [9.17, 15) is 0 Å². The summed E-state index contributed by atoms with van der Waals surface area (Å²) in [6.07, 6.45) is 5.75. The quantitative estimate of drug-likeness (QED) is 0.671. The zero-order valence-corrected chi connectivity index (χ0v) is 11.3. The average Bonchev–Trinajstić information content (AvgIpc) is 2.67. The first-order valence-electron chi connectivity index (χ1n) is 6.50. The lowest BCUT2D eigenvalue weighted by Gasteiger charge is -2.10. The molecular formula is C13H25N3O. The second-order valence-electron chi connectivity index (χ2n) is 4.33. The van der Waals surface area contributed by atoms with E-state index in [1.54, 1.807) is 7.11 Å². The highest BCUT2D eigenvalue weighted by Crippen LogP contribution is 2.07. The van der Waals surface area contributed by atoms with Gasteiger partial charge in [-0.1, -0.05) is 19.8 Å². The largest absolute Gasteiger partial charge is 0.383 e. The Labute approximate surface area is 104 Å². The number of rotatable bonds is 9. The number of ether oxygens (including phenoxy) is 1. The Morgan fingerprint density at radius 1 is 1.41 bits per heavy atom. The Morgan fingerprint density at radius 3 is 2.94 bits per heavy atom. The lowest BCUT2D eigenvalue weighted by Crippen LogP contribution is -2.20. The molecule has 4 heteroatoms. The van der Waals surface area contributed by atoms with Crippen LogP contribution in [-0.2, 0) is 17.8 Å². The number of nitrogens with one attached hydrogen (secondary N) is 1. The number of imidazole rings is 1. The highest BCUT2D eigenvalue weighted by Gasteiger charge is 2.05. The SMILES string of the molecule is CCCCCn1c(CNCCOC)cnc1C. The second kappa shape index (κ2) is 8.25. The zero-order chi connectivity index (χ0) is 12.5. The summed E-state index contributed by atoms with van der Waals surface area (Å²) in [7, 11) is 1.72. The van der Waals surface area contributed by atoms with Crippen LogP contribution in [0.15, 0.2) is 6.20 Å². The number of methoxy groups -OCH3 is 1. The van der Waals surface area contributed by atoms with Crippen LogP contribution in [0.5, 0.6) is 0 Å². The van der Waals surface area contributed by atoms with Gasteiger partial charge in [0.15, 0.2) is 0 Å². The maximum Gasteiger partial charge on any atom is 0.105 e. The summed E-state index contributed by atoms with van der Waals surface area (Å²) in [5.41, 5.74) is 1.27. The number of unbranched alkanes of at least 4 members (excludes halogenated alkanes) is 2. The highest BCUT2D eigenvalue weighted by atomic mass is 16.5. The van der Waals surface area contributed by atoms with Gasteiger partial charge in [0.2, 0.25) is 0 Å². The third-order valence-electron chi connectivity index (χ3n) is 2.91. The molecule has 1 rings (SSSR count). The molecule has 1 aromatic rings. The molecule has 4 nitrogen and oxygen atoms in total. The maximum atomic E-state index is 5.01. The summed E-state index contributed by atoms with van der Waals surface area (Å²) >= 11 is 0. The van der Waals surface area contributed by atoms with Gasteiger partial charge in [0.05, 0.1) is 12.3 Å². The van der Waals surface area contributed by atoms with Crippen molar-refractivity contribution in [3.8, 4) is 0 Å². The van der Waals surface area contributed by atoms with Crippen LogP contribution in [0.25, 0.3) is 0 Å². The Bertz CT molecular complexity index is 310. The van der Waals surface area contributed by atoms with Gasteiger partial charge in [-0.05, 0) is 13.3 Å². The van der Waals surface area contributed by atoms with Gasteiger partial charge in [-0.3, -0.25) is 0 Å². The van der Waals surface area contributed by atoms with Gasteiger partial charge < -0.3 is 14.6 Å². The van der Waals surface area contributed by atoms with Crippen LogP contribution < -0.4 is 5.32 Å². The smallest absolute Gasteiger partial charge is 0.105 e. The predicted molar refractivity (Wildman–Crippen MR) is 70.1 cm³/mol. The van der Waals surface area contributed by atoms with Crippen LogP contribution in [-0.4, -0.2) is 29.8 Å². The average molecular weight is 239 g/mol. The molecule has 17 heavy (non-hydrogen) atoms. The van der Waals surface area contributed by atoms with Crippen LogP contribution in [0, 0.1) is 6.92 Å². The van der Waals surface area contributed by atoms with Crippen molar-refractivity contribution < 1.29 is 4.74 Å². The fourth-order valence-corrected chi connectivity index (χ4v) is 1.87. The van der Waals surface area contributed by atoms with E-state index in [0.717, 1.165) is 32.1 Å². The topological polar surface area (TPSA) is 39.1 Å². The number of hydrogen-bond donors (Lipinski definition) is 1. The summed E-state index contributed by atoms with van der Waals surface area (Å²) < 4.78 is 7.32. The zero-order valence-electron chi connectivity index (χ0n) is 11.3. The normalized spacial score (nSPS) is 11.0. The molecule has 0 unspecified atom stereocenters. The monoisotopic (exact) mass is 239 g/mol. The Morgan fingerprint density at radius 2 is 2.24 bits per heavy atom. The molecule has 98 valence electrons. The van der Waals surface area contributed by atoms with Gasteiger partial charge >= 0.3 is 0 Å². The van der Waals surface area contributed by atoms with Crippen molar-refractivity contribution in [2.45, 2.75) is 46.2 Å². The van der Waals surface area contributed by atoms with Crippen molar-refractivity contribution in [3.63, 3.8) is 0 Å². The number of nitrogens with zero attached hydrogens (tertiary/aromatic N) is 2. The molecular weight excluding hydrogens is 214 g/mol. The lowest BCUT2D eigenvalue weighted by molar-refractivity contribution is 0.199. The van der Waals surface area contributed by atoms with E-state index in [1.165, 1.54) is 25.0 Å². The number of aryl methyl sites for hydroxylation is 1. The molecule has 0 aliphatic carbocycles. The first kappa shape index (κ1) is 14.2. The fourth-order valence-electron chi connectivity index (χ4n) is 1.87. The molecule has 0 atom stereocenters. The van der Waals surface area contributed by atoms with Gasteiger partial charge in [-0.15, -0.1) is 0 Å². The van der Waals surface area contributed by atoms with E-state index in [-0.39, 0.29) is 0 Å². The van der Waals surface area contributed by atoms with Crippen molar-refractivity contribution in [2.24, 2.45) is 0 Å². The molecule has 0 amide bonds. The van der Waals surface area contributed by atoms with Crippen LogP contribution in [0.2, 0.25) is 0 Å². The lowest BCUT2D eigenvalue weighted by atomic mass is 10.2. The summed E-state index contributed by atoms with van der Waals surface area (Å²) in [5.74, 6) is 1.12. The summed E-state index contributed by atoms with van der Waals surface area (Å²) in [4.78, 5) is 4.39. The van der Waals surface area contributed by atoms with Gasteiger partial charge in [-0.2, -0.15) is 0 Å². The molecule has 1 N–H and O–H groups in total. The number of hydrogen-bond acceptors (Lipinski definition) is 3. The predicted octanol–water partition coefficient (Wildman–Crippen LogP) is 2.12. The van der Waals surface area contributed by atoms with E-state index < -0.39 is 0 Å². The van der Waals surface area contributed by atoms with E-state index in [0.29, 0.717) is 0 Å². The first-order chi connectivity index (χ1) is 8.29. The molecule has 0 spiro atoms. The molecule has 1 aromatic heterocycles. The van der Waals surface area contributed by atoms with E-state index in [1.807, 2.05) is 6.20 Å². The minimum absolute atomic E-state index is 0.753. The first-order valence-corrected chi connectivity index (χ1v) is 6.50. The molecule has 0 aliphatic heterocycles. The second-order valence-corrected chi connectivity index (χ2v) is 4.33. The highest BCUT2D eigenvalue weighted by molar-refractivity contribution is 5.04. The fraction of sp³-hybridized carbons (Fsp3) is 0.769. The van der Waals surface area contributed by atoms with E-state index >= 15 is 0 Å². The third-order valence-corrected chi connectivity index (χ3v) is 2.91. The van der Waals surface area contributed by atoms with Crippen LogP contribution in [0.3, 0.4) is 0 Å². The molecule has 0 saturated carbocycles. The van der Waals surface area contributed by atoms with Crippen LogP contribution in [0.4, 0.5) is 0 Å². The molecule has 0 aromatic carbocycles. The van der Waals surface area contributed by atoms with Crippen LogP contribution in [0.1, 0.15) is 37.7 Å². The van der Waals surface area contributed by atoms with Crippen molar-refractivity contribution in [3.05, 3.63) is 17.7 Å². The molecule has 0 bridgehead atoms. The van der Waals surface area contributed by atoms with Crippen molar-refractivity contribution >= 4 is 0 Å². The molecule has 0 fully saturated rings. The van der Waals surface area contributed by atoms with Crippen molar-refractivity contribution in [2.75, 3.05) is 20.3 Å². The number of aromatic nitrogens is 2. The van der Waals surface area contributed by atoms with Crippen molar-refractivity contribution in [1.29, 1.82) is 0 Å². The van der Waals surface area contributed by atoms with Crippen molar-refractivity contribution in [1.82, 2.24) is 14.9 Å². The maximum absolute atomic E-state index is 5.01.